The fourth-order valence-corrected chi connectivity index (χ4v) is 3.17. The van der Waals surface area contributed by atoms with Crippen LogP contribution in [0.5, 0.6) is 0 Å². The largest absolute Gasteiger partial charge is 0.347 e. The molecular formula is C18H13N9+2. The summed E-state index contributed by atoms with van der Waals surface area (Å²) in [6.45, 7) is 0. The minimum Gasteiger partial charge on any atom is -0.342 e. The monoisotopic (exact) mass is 355 g/mol. The number of rotatable bonds is 2. The standard InChI is InChI=1S/C18H12N9/c1-3-19-12-27-10-18(22-15(1)27)26-6-5-25-8-16(23-17(25)9-26)24-4-2-13-14(7-24)21-11-20-13/h1-12H/q+1/p+1. The lowest BCUT2D eigenvalue weighted by molar-refractivity contribution is -0.599. The van der Waals surface area contributed by atoms with Gasteiger partial charge in [0.1, 0.15) is 36.6 Å². The van der Waals surface area contributed by atoms with Crippen LogP contribution in [0.4, 0.5) is 0 Å². The zero-order chi connectivity index (χ0) is 17.8. The van der Waals surface area contributed by atoms with Gasteiger partial charge in [-0.2, -0.15) is 9.13 Å². The van der Waals surface area contributed by atoms with Crippen LogP contribution in [0.15, 0.2) is 74.4 Å². The Morgan fingerprint density at radius 1 is 0.889 bits per heavy atom. The molecule has 0 unspecified atom stereocenters. The van der Waals surface area contributed by atoms with E-state index < -0.39 is 0 Å². The molecule has 0 aliphatic heterocycles. The molecule has 6 aromatic heterocycles. The highest BCUT2D eigenvalue weighted by Crippen LogP contribution is 2.08. The number of fused-ring (bicyclic) bond motifs is 3. The van der Waals surface area contributed by atoms with E-state index >= 15 is 0 Å². The van der Waals surface area contributed by atoms with Crippen LogP contribution in [0.3, 0.4) is 0 Å². The van der Waals surface area contributed by atoms with Gasteiger partial charge in [-0.15, -0.1) is 0 Å². The number of nitrogens with one attached hydrogen (secondary N) is 1. The molecule has 9 heteroatoms. The van der Waals surface area contributed by atoms with Crippen molar-refractivity contribution in [3.05, 3.63) is 74.4 Å². The zero-order valence-corrected chi connectivity index (χ0v) is 14.0. The topological polar surface area (TPSA) is 83.9 Å². The molecule has 6 heterocycles. The Labute approximate surface area is 151 Å². The molecule has 0 fully saturated rings. The maximum atomic E-state index is 4.74. The molecule has 0 radical (unpaired) electrons. The van der Waals surface area contributed by atoms with Gasteiger partial charge in [0.25, 0.3) is 11.3 Å². The molecule has 0 saturated heterocycles. The summed E-state index contributed by atoms with van der Waals surface area (Å²) in [5.41, 5.74) is 3.55. The lowest BCUT2D eigenvalue weighted by Crippen LogP contribution is -2.30. The Morgan fingerprint density at radius 3 is 2.67 bits per heavy atom. The van der Waals surface area contributed by atoms with Crippen LogP contribution in [0.1, 0.15) is 0 Å². The number of aromatic amines is 1. The van der Waals surface area contributed by atoms with Gasteiger partial charge in [0, 0.05) is 18.3 Å². The van der Waals surface area contributed by atoms with Gasteiger partial charge in [-0.1, -0.05) is 0 Å². The van der Waals surface area contributed by atoms with Crippen LogP contribution in [0.25, 0.3) is 34.0 Å². The summed E-state index contributed by atoms with van der Waals surface area (Å²) in [7, 11) is 0. The summed E-state index contributed by atoms with van der Waals surface area (Å²) in [5.74, 6) is 1.63. The van der Waals surface area contributed by atoms with E-state index in [1.165, 1.54) is 0 Å². The Balaban J connectivity index is 1.46. The zero-order valence-electron chi connectivity index (χ0n) is 14.0. The first-order valence-corrected chi connectivity index (χ1v) is 8.37. The van der Waals surface area contributed by atoms with Gasteiger partial charge in [-0.25, -0.2) is 9.97 Å². The lowest BCUT2D eigenvalue weighted by Gasteiger charge is -1.92. The molecule has 0 bridgehead atoms. The average Bonchev–Trinajstić information content (AvgIpc) is 3.42. The van der Waals surface area contributed by atoms with Crippen molar-refractivity contribution in [1.82, 2.24) is 33.7 Å². The smallest absolute Gasteiger partial charge is 0.342 e. The van der Waals surface area contributed by atoms with Crippen molar-refractivity contribution < 1.29 is 9.13 Å². The van der Waals surface area contributed by atoms with Crippen LogP contribution >= 0.6 is 0 Å². The quantitative estimate of drug-likeness (QED) is 0.466. The van der Waals surface area contributed by atoms with Crippen molar-refractivity contribution in [2.24, 2.45) is 0 Å². The van der Waals surface area contributed by atoms with E-state index in [2.05, 4.69) is 19.9 Å². The molecule has 0 atom stereocenters. The Kier molecular flexibility index (Phi) is 2.70. The third-order valence-corrected chi connectivity index (χ3v) is 4.53. The normalized spacial score (nSPS) is 11.7. The molecule has 6 aromatic rings. The summed E-state index contributed by atoms with van der Waals surface area (Å²) >= 11 is 0. The van der Waals surface area contributed by atoms with E-state index in [-0.39, 0.29) is 0 Å². The maximum absolute atomic E-state index is 4.74. The minimum atomic E-state index is 0.807. The molecule has 0 saturated carbocycles. The van der Waals surface area contributed by atoms with Crippen molar-refractivity contribution in [3.63, 3.8) is 0 Å². The summed E-state index contributed by atoms with van der Waals surface area (Å²) in [6.07, 6.45) is 18.9. The van der Waals surface area contributed by atoms with Crippen LogP contribution in [-0.4, -0.2) is 33.7 Å². The van der Waals surface area contributed by atoms with E-state index in [1.807, 2.05) is 73.4 Å². The maximum Gasteiger partial charge on any atom is 0.347 e. The molecular weight excluding hydrogens is 342 g/mol. The molecule has 0 spiro atoms. The van der Waals surface area contributed by atoms with Gasteiger partial charge in [-0.3, -0.25) is 8.80 Å². The summed E-state index contributed by atoms with van der Waals surface area (Å²) < 4.78 is 7.78. The summed E-state index contributed by atoms with van der Waals surface area (Å²) in [6, 6.07) is 3.83. The van der Waals surface area contributed by atoms with E-state index in [0.29, 0.717) is 0 Å². The minimum absolute atomic E-state index is 0.807. The van der Waals surface area contributed by atoms with Crippen LogP contribution in [0, 0.1) is 0 Å². The van der Waals surface area contributed by atoms with Gasteiger partial charge < -0.3 is 4.98 Å². The number of imidazole rings is 3. The van der Waals surface area contributed by atoms with E-state index in [9.17, 15) is 0 Å². The number of nitrogens with zero attached hydrogens (tertiary/aromatic N) is 8. The molecule has 0 aliphatic rings. The molecule has 1 N–H and O–H groups in total. The second kappa shape index (κ2) is 5.18. The number of pyridine rings is 1. The number of hydrogen-bond acceptors (Lipinski definition) is 4. The van der Waals surface area contributed by atoms with Crippen LogP contribution in [-0.2, 0) is 0 Å². The van der Waals surface area contributed by atoms with E-state index in [1.54, 1.807) is 18.9 Å². The Bertz CT molecular complexity index is 1410. The SMILES string of the molecule is c1cc2nc(-[n+]3ccn4cc(-[n+]5ccc6nc[nH]c6c5)nc4c3)cn2cn1. The highest BCUT2D eigenvalue weighted by Gasteiger charge is 2.18. The van der Waals surface area contributed by atoms with Crippen LogP contribution in [0.2, 0.25) is 0 Å². The molecule has 6 rings (SSSR count). The molecule has 9 nitrogen and oxygen atoms in total. The van der Waals surface area contributed by atoms with Gasteiger partial charge in [0.15, 0.2) is 6.20 Å². The number of aromatic nitrogens is 9. The van der Waals surface area contributed by atoms with Crippen molar-refractivity contribution in [2.75, 3.05) is 0 Å². The molecule has 0 aliphatic carbocycles. The van der Waals surface area contributed by atoms with Crippen molar-refractivity contribution in [1.29, 1.82) is 0 Å². The van der Waals surface area contributed by atoms with Gasteiger partial charge in [-0.05, 0) is 9.97 Å². The summed E-state index contributed by atoms with van der Waals surface area (Å²) in [4.78, 5) is 20.8. The molecule has 0 amide bonds. The summed E-state index contributed by atoms with van der Waals surface area (Å²) in [5, 5.41) is 0. The van der Waals surface area contributed by atoms with Crippen molar-refractivity contribution in [3.8, 4) is 11.6 Å². The fourth-order valence-electron chi connectivity index (χ4n) is 3.17. The first-order chi connectivity index (χ1) is 13.3. The highest BCUT2D eigenvalue weighted by molar-refractivity contribution is 5.71. The first kappa shape index (κ1) is 14.1. The molecule has 27 heavy (non-hydrogen) atoms. The van der Waals surface area contributed by atoms with E-state index in [0.717, 1.165) is 34.0 Å². The predicted molar refractivity (Wildman–Crippen MR) is 94.5 cm³/mol. The fraction of sp³-hybridized carbons (Fsp3) is 0. The average molecular weight is 355 g/mol. The second-order valence-corrected chi connectivity index (χ2v) is 6.20. The predicted octanol–water partition coefficient (Wildman–Crippen LogP) is 0.807. The lowest BCUT2D eigenvalue weighted by atomic mass is 10.4. The third-order valence-electron chi connectivity index (χ3n) is 4.53. The second-order valence-electron chi connectivity index (χ2n) is 6.20. The number of H-pyrrole nitrogens is 1. The first-order valence-electron chi connectivity index (χ1n) is 8.37. The van der Waals surface area contributed by atoms with E-state index in [4.69, 9.17) is 4.98 Å². The van der Waals surface area contributed by atoms with Crippen molar-refractivity contribution >= 4 is 22.3 Å². The third kappa shape index (κ3) is 2.18. The van der Waals surface area contributed by atoms with Gasteiger partial charge in [0.2, 0.25) is 0 Å². The molecule has 0 aromatic carbocycles. The molecule has 128 valence electrons. The van der Waals surface area contributed by atoms with Gasteiger partial charge >= 0.3 is 11.6 Å². The Hall–Kier alpha value is -4.14. The number of hydrogen-bond donors (Lipinski definition) is 1. The van der Waals surface area contributed by atoms with Crippen molar-refractivity contribution in [2.45, 2.75) is 0 Å². The highest BCUT2D eigenvalue weighted by atomic mass is 15.2. The van der Waals surface area contributed by atoms with Crippen LogP contribution < -0.4 is 9.13 Å². The van der Waals surface area contributed by atoms with Gasteiger partial charge in [0.05, 0.1) is 24.2 Å². The Morgan fingerprint density at radius 2 is 1.74 bits per heavy atom.